The molecule has 2 unspecified atom stereocenters. The molecular weight excluding hydrogens is 256 g/mol. The highest BCUT2D eigenvalue weighted by Crippen LogP contribution is 2.29. The van der Waals surface area contributed by atoms with Crippen LogP contribution in [0, 0.1) is 11.3 Å². The highest BCUT2D eigenvalue weighted by Gasteiger charge is 2.20. The van der Waals surface area contributed by atoms with E-state index in [-0.39, 0.29) is 6.10 Å². The van der Waals surface area contributed by atoms with Crippen LogP contribution < -0.4 is 14.8 Å². The molecule has 0 radical (unpaired) electrons. The Kier molecular flexibility index (Phi) is 5.22. The summed E-state index contributed by atoms with van der Waals surface area (Å²) in [6.45, 7) is 1.49. The van der Waals surface area contributed by atoms with Crippen LogP contribution in [-0.4, -0.2) is 33.5 Å². The van der Waals surface area contributed by atoms with Crippen molar-refractivity contribution < 1.29 is 14.2 Å². The summed E-state index contributed by atoms with van der Waals surface area (Å²) in [6.07, 6.45) is 2.34. The Bertz CT molecular complexity index is 478. The topological polar surface area (TPSA) is 63.5 Å². The van der Waals surface area contributed by atoms with E-state index in [4.69, 9.17) is 14.2 Å². The number of methoxy groups -OCH3 is 2. The van der Waals surface area contributed by atoms with Crippen molar-refractivity contribution in [1.29, 1.82) is 5.26 Å². The van der Waals surface area contributed by atoms with Gasteiger partial charge in [-0.15, -0.1) is 0 Å². The third-order valence-corrected chi connectivity index (χ3v) is 3.45. The lowest BCUT2D eigenvalue weighted by Crippen LogP contribution is -2.29. The lowest BCUT2D eigenvalue weighted by molar-refractivity contribution is 0.109. The van der Waals surface area contributed by atoms with E-state index in [9.17, 15) is 5.26 Å². The molecule has 1 aliphatic rings. The van der Waals surface area contributed by atoms with E-state index >= 15 is 0 Å². The molecular formula is C15H20N2O3. The monoisotopic (exact) mass is 276 g/mol. The van der Waals surface area contributed by atoms with Crippen molar-refractivity contribution in [2.24, 2.45) is 0 Å². The van der Waals surface area contributed by atoms with Gasteiger partial charge in [-0.05, 0) is 25.0 Å². The van der Waals surface area contributed by atoms with Crippen LogP contribution in [0.3, 0.4) is 0 Å². The Morgan fingerprint density at radius 3 is 2.90 bits per heavy atom. The molecule has 1 aliphatic heterocycles. The maximum Gasteiger partial charge on any atom is 0.128 e. The smallest absolute Gasteiger partial charge is 0.128 e. The zero-order valence-electron chi connectivity index (χ0n) is 11.9. The van der Waals surface area contributed by atoms with Gasteiger partial charge >= 0.3 is 0 Å². The Balaban J connectivity index is 2.08. The molecule has 5 heteroatoms. The predicted octanol–water partition coefficient (Wildman–Crippen LogP) is 2.04. The summed E-state index contributed by atoms with van der Waals surface area (Å²) in [4.78, 5) is 0. The van der Waals surface area contributed by atoms with Gasteiger partial charge in [-0.1, -0.05) is 0 Å². The van der Waals surface area contributed by atoms with Crippen molar-refractivity contribution in [3.05, 3.63) is 23.8 Å². The molecule has 1 N–H and O–H groups in total. The van der Waals surface area contributed by atoms with Crippen LogP contribution in [0.2, 0.25) is 0 Å². The first-order valence-electron chi connectivity index (χ1n) is 6.75. The minimum absolute atomic E-state index is 0.204. The molecule has 1 heterocycles. The molecule has 1 aromatic carbocycles. The summed E-state index contributed by atoms with van der Waals surface area (Å²) in [6, 6.07) is 7.32. The van der Waals surface area contributed by atoms with Crippen LogP contribution in [-0.2, 0) is 4.74 Å². The van der Waals surface area contributed by atoms with E-state index in [1.165, 1.54) is 0 Å². The third kappa shape index (κ3) is 3.41. The minimum Gasteiger partial charge on any atom is -0.497 e. The molecule has 2 rings (SSSR count). The molecule has 0 amide bonds. The van der Waals surface area contributed by atoms with Crippen LogP contribution in [0.1, 0.15) is 24.4 Å². The first-order valence-corrected chi connectivity index (χ1v) is 6.75. The Labute approximate surface area is 119 Å². The Hall–Kier alpha value is -1.77. The molecule has 5 nitrogen and oxygen atoms in total. The number of ether oxygens (including phenoxy) is 3. The summed E-state index contributed by atoms with van der Waals surface area (Å²) in [5.74, 6) is 1.36. The molecule has 1 fully saturated rings. The Morgan fingerprint density at radius 2 is 2.30 bits per heavy atom. The van der Waals surface area contributed by atoms with Crippen molar-refractivity contribution in [1.82, 2.24) is 5.32 Å². The molecule has 20 heavy (non-hydrogen) atoms. The number of nitrogens with one attached hydrogen (secondary N) is 1. The highest BCUT2D eigenvalue weighted by molar-refractivity contribution is 5.44. The molecule has 0 aliphatic carbocycles. The van der Waals surface area contributed by atoms with E-state index in [0.29, 0.717) is 18.0 Å². The second-order valence-corrected chi connectivity index (χ2v) is 4.71. The average molecular weight is 276 g/mol. The molecule has 1 aromatic rings. The summed E-state index contributed by atoms with van der Waals surface area (Å²) in [5.41, 5.74) is 0.814. The normalized spacial score (nSPS) is 19.4. The number of rotatable bonds is 6. The van der Waals surface area contributed by atoms with Gasteiger partial charge in [-0.25, -0.2) is 0 Å². The van der Waals surface area contributed by atoms with Gasteiger partial charge in [0, 0.05) is 24.8 Å². The van der Waals surface area contributed by atoms with E-state index < -0.39 is 6.04 Å². The lowest BCUT2D eigenvalue weighted by Gasteiger charge is -2.18. The molecule has 108 valence electrons. The number of nitrogens with zero attached hydrogens (tertiary/aromatic N) is 1. The number of benzene rings is 1. The molecule has 0 bridgehead atoms. The van der Waals surface area contributed by atoms with Gasteiger partial charge in [-0.2, -0.15) is 5.26 Å². The standard InChI is InChI=1S/C15H20N2O3/c1-18-11-5-6-13(15(8-11)19-2)14(9-16)17-10-12-4-3-7-20-12/h5-6,8,12,14,17H,3-4,7,10H2,1-2H3. The zero-order chi connectivity index (χ0) is 14.4. The largest absolute Gasteiger partial charge is 0.497 e. The molecule has 0 aromatic heterocycles. The fraction of sp³-hybridized carbons (Fsp3) is 0.533. The maximum absolute atomic E-state index is 9.36. The van der Waals surface area contributed by atoms with E-state index in [1.807, 2.05) is 12.1 Å². The number of hydrogen-bond acceptors (Lipinski definition) is 5. The third-order valence-electron chi connectivity index (χ3n) is 3.45. The van der Waals surface area contributed by atoms with Gasteiger partial charge < -0.3 is 14.2 Å². The van der Waals surface area contributed by atoms with Gasteiger partial charge in [-0.3, -0.25) is 5.32 Å². The van der Waals surface area contributed by atoms with Crippen molar-refractivity contribution in [3.8, 4) is 17.6 Å². The second kappa shape index (κ2) is 7.13. The summed E-state index contributed by atoms with van der Waals surface area (Å²) in [7, 11) is 3.19. The van der Waals surface area contributed by atoms with Crippen molar-refractivity contribution in [2.45, 2.75) is 25.0 Å². The van der Waals surface area contributed by atoms with Gasteiger partial charge in [0.15, 0.2) is 0 Å². The van der Waals surface area contributed by atoms with E-state index in [2.05, 4.69) is 11.4 Å². The summed E-state index contributed by atoms with van der Waals surface area (Å²) < 4.78 is 16.1. The van der Waals surface area contributed by atoms with E-state index in [1.54, 1.807) is 20.3 Å². The predicted molar refractivity (Wildman–Crippen MR) is 74.9 cm³/mol. The van der Waals surface area contributed by atoms with Crippen LogP contribution in [0.15, 0.2) is 18.2 Å². The molecule has 1 saturated heterocycles. The fourth-order valence-corrected chi connectivity index (χ4v) is 2.34. The second-order valence-electron chi connectivity index (χ2n) is 4.71. The van der Waals surface area contributed by atoms with Crippen LogP contribution >= 0.6 is 0 Å². The fourth-order valence-electron chi connectivity index (χ4n) is 2.34. The van der Waals surface area contributed by atoms with Gasteiger partial charge in [0.05, 0.1) is 26.4 Å². The van der Waals surface area contributed by atoms with Gasteiger partial charge in [0.2, 0.25) is 0 Å². The minimum atomic E-state index is -0.417. The zero-order valence-corrected chi connectivity index (χ0v) is 11.9. The molecule has 2 atom stereocenters. The van der Waals surface area contributed by atoms with Crippen LogP contribution in [0.5, 0.6) is 11.5 Å². The summed E-state index contributed by atoms with van der Waals surface area (Å²) in [5, 5.41) is 12.6. The van der Waals surface area contributed by atoms with Crippen molar-refractivity contribution in [3.63, 3.8) is 0 Å². The first-order chi connectivity index (χ1) is 9.78. The van der Waals surface area contributed by atoms with E-state index in [0.717, 1.165) is 25.0 Å². The molecule has 0 saturated carbocycles. The van der Waals surface area contributed by atoms with Crippen molar-refractivity contribution >= 4 is 0 Å². The van der Waals surface area contributed by atoms with Crippen molar-refractivity contribution in [2.75, 3.05) is 27.4 Å². The molecule has 0 spiro atoms. The SMILES string of the molecule is COc1ccc(C(C#N)NCC2CCCO2)c(OC)c1. The maximum atomic E-state index is 9.36. The van der Waals surface area contributed by atoms with Gasteiger partial charge in [0.1, 0.15) is 17.5 Å². The first kappa shape index (κ1) is 14.6. The van der Waals surface area contributed by atoms with Crippen LogP contribution in [0.25, 0.3) is 0 Å². The Morgan fingerprint density at radius 1 is 1.45 bits per heavy atom. The van der Waals surface area contributed by atoms with Gasteiger partial charge in [0.25, 0.3) is 0 Å². The highest BCUT2D eigenvalue weighted by atomic mass is 16.5. The lowest BCUT2D eigenvalue weighted by atomic mass is 10.1. The summed E-state index contributed by atoms with van der Waals surface area (Å²) >= 11 is 0. The average Bonchev–Trinajstić information content (AvgIpc) is 3.01. The number of hydrogen-bond donors (Lipinski definition) is 1. The van der Waals surface area contributed by atoms with Crippen LogP contribution in [0.4, 0.5) is 0 Å². The number of nitriles is 1. The quantitative estimate of drug-likeness (QED) is 0.861.